The highest BCUT2D eigenvalue weighted by Gasteiger charge is 2.41. The molecule has 1 saturated carbocycles. The van der Waals surface area contributed by atoms with Crippen molar-refractivity contribution in [3.05, 3.63) is 18.0 Å². The second-order valence-electron chi connectivity index (χ2n) is 4.61. The minimum absolute atomic E-state index is 0.411. The summed E-state index contributed by atoms with van der Waals surface area (Å²) in [6, 6.07) is 1.86. The van der Waals surface area contributed by atoms with Crippen LogP contribution in [0.25, 0.3) is 0 Å². The number of methoxy groups -OCH3 is 1. The van der Waals surface area contributed by atoms with Crippen molar-refractivity contribution in [2.75, 3.05) is 7.11 Å². The Kier molecular flexibility index (Phi) is 3.30. The molecular formula is C12H20N2O2. The third-order valence-electron chi connectivity index (χ3n) is 3.74. The van der Waals surface area contributed by atoms with Crippen LogP contribution in [0.15, 0.2) is 12.3 Å². The second-order valence-corrected chi connectivity index (χ2v) is 4.61. The molecule has 0 saturated heterocycles. The molecule has 2 rings (SSSR count). The van der Waals surface area contributed by atoms with E-state index in [-0.39, 0.29) is 0 Å². The predicted octanol–water partition coefficient (Wildman–Crippen LogP) is 1.80. The fraction of sp³-hybridized carbons (Fsp3) is 0.750. The summed E-state index contributed by atoms with van der Waals surface area (Å²) in [4.78, 5) is 0. The molecule has 4 heteroatoms. The fourth-order valence-electron chi connectivity index (χ4n) is 2.66. The Hall–Kier alpha value is -0.870. The van der Waals surface area contributed by atoms with E-state index in [1.807, 2.05) is 13.1 Å². The highest BCUT2D eigenvalue weighted by Crippen LogP contribution is 2.40. The molecule has 1 aliphatic rings. The van der Waals surface area contributed by atoms with Crippen molar-refractivity contribution in [2.45, 2.75) is 43.8 Å². The number of aliphatic hydroxyl groups is 1. The Morgan fingerprint density at radius 1 is 1.44 bits per heavy atom. The van der Waals surface area contributed by atoms with E-state index in [1.54, 1.807) is 18.0 Å². The molecule has 1 aromatic heterocycles. The molecule has 0 amide bonds. The van der Waals surface area contributed by atoms with Gasteiger partial charge < -0.3 is 9.84 Å². The van der Waals surface area contributed by atoms with Gasteiger partial charge in [-0.25, -0.2) is 0 Å². The van der Waals surface area contributed by atoms with Gasteiger partial charge in [0.2, 0.25) is 0 Å². The molecule has 1 fully saturated rings. The lowest BCUT2D eigenvalue weighted by Crippen LogP contribution is -2.41. The van der Waals surface area contributed by atoms with Crippen LogP contribution < -0.4 is 0 Å². The Labute approximate surface area is 96.2 Å². The Morgan fingerprint density at radius 2 is 2.12 bits per heavy atom. The summed E-state index contributed by atoms with van der Waals surface area (Å²) in [5, 5.41) is 14.6. The molecular weight excluding hydrogens is 204 g/mol. The minimum Gasteiger partial charge on any atom is -0.384 e. The van der Waals surface area contributed by atoms with Gasteiger partial charge in [-0.1, -0.05) is 19.3 Å². The van der Waals surface area contributed by atoms with Crippen LogP contribution in [0.5, 0.6) is 0 Å². The first kappa shape index (κ1) is 11.6. The van der Waals surface area contributed by atoms with E-state index < -0.39 is 11.7 Å². The molecule has 1 unspecified atom stereocenters. The van der Waals surface area contributed by atoms with Gasteiger partial charge in [-0.3, -0.25) is 4.68 Å². The maximum absolute atomic E-state index is 10.5. The standard InChI is InChI=1S/C12H20N2O2/c1-14-10(6-9-13-14)11(15)12(16-2)7-4-3-5-8-12/h6,9,11,15H,3-5,7-8H2,1-2H3. The molecule has 0 aliphatic heterocycles. The average molecular weight is 224 g/mol. The van der Waals surface area contributed by atoms with Crippen LogP contribution in [0.3, 0.4) is 0 Å². The monoisotopic (exact) mass is 224 g/mol. The number of aliphatic hydroxyl groups excluding tert-OH is 1. The molecule has 16 heavy (non-hydrogen) atoms. The molecule has 0 aromatic carbocycles. The zero-order chi connectivity index (χ0) is 11.6. The first-order valence-electron chi connectivity index (χ1n) is 5.91. The summed E-state index contributed by atoms with van der Waals surface area (Å²) in [6.45, 7) is 0. The third kappa shape index (κ3) is 1.87. The molecule has 1 aromatic rings. The Morgan fingerprint density at radius 3 is 2.62 bits per heavy atom. The first-order chi connectivity index (χ1) is 7.69. The van der Waals surface area contributed by atoms with E-state index in [2.05, 4.69) is 5.10 Å². The number of hydrogen-bond acceptors (Lipinski definition) is 3. The van der Waals surface area contributed by atoms with Crippen molar-refractivity contribution in [1.29, 1.82) is 0 Å². The second kappa shape index (κ2) is 4.55. The van der Waals surface area contributed by atoms with Gasteiger partial charge in [-0.15, -0.1) is 0 Å². The lowest BCUT2D eigenvalue weighted by atomic mass is 9.79. The zero-order valence-corrected chi connectivity index (χ0v) is 10.0. The van der Waals surface area contributed by atoms with Gasteiger partial charge in [0.15, 0.2) is 0 Å². The van der Waals surface area contributed by atoms with Crippen LogP contribution in [0, 0.1) is 0 Å². The van der Waals surface area contributed by atoms with E-state index in [4.69, 9.17) is 4.74 Å². The average Bonchev–Trinajstić information content (AvgIpc) is 2.75. The van der Waals surface area contributed by atoms with Crippen LogP contribution in [0.4, 0.5) is 0 Å². The SMILES string of the molecule is COC1(C(O)c2ccnn2C)CCCCC1. The van der Waals surface area contributed by atoms with Crippen molar-refractivity contribution >= 4 is 0 Å². The van der Waals surface area contributed by atoms with Crippen LogP contribution in [0.1, 0.15) is 43.9 Å². The smallest absolute Gasteiger partial charge is 0.124 e. The summed E-state index contributed by atoms with van der Waals surface area (Å²) >= 11 is 0. The number of ether oxygens (including phenoxy) is 1. The molecule has 0 spiro atoms. The van der Waals surface area contributed by atoms with Crippen LogP contribution in [0.2, 0.25) is 0 Å². The number of aryl methyl sites for hydroxylation is 1. The van der Waals surface area contributed by atoms with Crippen LogP contribution in [-0.4, -0.2) is 27.6 Å². The van der Waals surface area contributed by atoms with Crippen molar-refractivity contribution in [2.24, 2.45) is 7.05 Å². The molecule has 1 atom stereocenters. The van der Waals surface area contributed by atoms with E-state index in [1.165, 1.54) is 6.42 Å². The molecule has 4 nitrogen and oxygen atoms in total. The first-order valence-corrected chi connectivity index (χ1v) is 5.91. The minimum atomic E-state index is -0.578. The fourth-order valence-corrected chi connectivity index (χ4v) is 2.66. The van der Waals surface area contributed by atoms with E-state index in [0.717, 1.165) is 31.4 Å². The normalized spacial score (nSPS) is 21.9. The summed E-state index contributed by atoms with van der Waals surface area (Å²) in [6.07, 6.45) is 6.48. The van der Waals surface area contributed by atoms with Gasteiger partial charge in [0.25, 0.3) is 0 Å². The Bertz CT molecular complexity index is 343. The van der Waals surface area contributed by atoms with Crippen LogP contribution in [-0.2, 0) is 11.8 Å². The van der Waals surface area contributed by atoms with Crippen molar-refractivity contribution in [3.8, 4) is 0 Å². The summed E-state index contributed by atoms with van der Waals surface area (Å²) in [5.74, 6) is 0. The number of rotatable bonds is 3. The number of nitrogens with zero attached hydrogens (tertiary/aromatic N) is 2. The summed E-state index contributed by atoms with van der Waals surface area (Å²) < 4.78 is 7.35. The van der Waals surface area contributed by atoms with Gasteiger partial charge in [-0.2, -0.15) is 5.10 Å². The van der Waals surface area contributed by atoms with Crippen LogP contribution >= 0.6 is 0 Å². The maximum atomic E-state index is 10.5. The number of aromatic nitrogens is 2. The largest absolute Gasteiger partial charge is 0.384 e. The van der Waals surface area contributed by atoms with Gasteiger partial charge in [0.05, 0.1) is 11.3 Å². The van der Waals surface area contributed by atoms with Crippen molar-refractivity contribution in [3.63, 3.8) is 0 Å². The molecule has 1 aliphatic carbocycles. The molecule has 0 radical (unpaired) electrons. The van der Waals surface area contributed by atoms with E-state index in [0.29, 0.717) is 0 Å². The molecule has 1 N–H and O–H groups in total. The molecule has 0 bridgehead atoms. The molecule has 1 heterocycles. The number of hydrogen-bond donors (Lipinski definition) is 1. The van der Waals surface area contributed by atoms with Gasteiger partial charge >= 0.3 is 0 Å². The summed E-state index contributed by atoms with van der Waals surface area (Å²) in [7, 11) is 3.55. The molecule has 90 valence electrons. The van der Waals surface area contributed by atoms with E-state index >= 15 is 0 Å². The maximum Gasteiger partial charge on any atom is 0.124 e. The van der Waals surface area contributed by atoms with Crippen molar-refractivity contribution < 1.29 is 9.84 Å². The van der Waals surface area contributed by atoms with Gasteiger partial charge in [-0.05, 0) is 18.9 Å². The Balaban J connectivity index is 2.24. The zero-order valence-electron chi connectivity index (χ0n) is 10.0. The highest BCUT2D eigenvalue weighted by atomic mass is 16.5. The predicted molar refractivity (Wildman–Crippen MR) is 61.0 cm³/mol. The topological polar surface area (TPSA) is 47.3 Å². The quantitative estimate of drug-likeness (QED) is 0.851. The lowest BCUT2D eigenvalue weighted by molar-refractivity contribution is -0.127. The van der Waals surface area contributed by atoms with E-state index in [9.17, 15) is 5.11 Å². The lowest BCUT2D eigenvalue weighted by Gasteiger charge is -2.39. The third-order valence-corrected chi connectivity index (χ3v) is 3.74. The van der Waals surface area contributed by atoms with Gasteiger partial charge in [0.1, 0.15) is 6.10 Å². The highest BCUT2D eigenvalue weighted by molar-refractivity contribution is 5.11. The summed E-state index contributed by atoms with van der Waals surface area (Å²) in [5.41, 5.74) is 0.426. The van der Waals surface area contributed by atoms with Crippen molar-refractivity contribution in [1.82, 2.24) is 9.78 Å². The van der Waals surface area contributed by atoms with Gasteiger partial charge in [0, 0.05) is 20.4 Å².